The SMILES string of the molecule is O=C(NC1CCCCC1)n1nnn(-c2c(Cl)cccc2Cl)c1=O. The number of nitrogens with one attached hydrogen (secondary N) is 1. The molecule has 1 aliphatic carbocycles. The second-order valence-corrected chi connectivity index (χ2v) is 6.25. The standard InChI is InChI=1S/C14H15Cl2N5O2/c15-10-7-4-8-11(16)12(10)20-14(23)21(19-18-20)13(22)17-9-5-2-1-3-6-9/h4,7-9H,1-3,5-6H2,(H,17,22). The Hall–Kier alpha value is -1.86. The van der Waals surface area contributed by atoms with Crippen LogP contribution in [0.25, 0.3) is 5.69 Å². The predicted molar refractivity (Wildman–Crippen MR) is 86.4 cm³/mol. The van der Waals surface area contributed by atoms with E-state index >= 15 is 0 Å². The number of rotatable bonds is 2. The van der Waals surface area contributed by atoms with E-state index in [1.165, 1.54) is 6.42 Å². The van der Waals surface area contributed by atoms with E-state index < -0.39 is 11.7 Å². The maximum atomic E-state index is 12.4. The maximum Gasteiger partial charge on any atom is 0.377 e. The molecule has 1 aliphatic rings. The minimum atomic E-state index is -0.715. The fourth-order valence-electron chi connectivity index (χ4n) is 2.69. The molecule has 1 heterocycles. The Morgan fingerprint density at radius 3 is 2.43 bits per heavy atom. The molecule has 3 rings (SSSR count). The number of hydrogen-bond acceptors (Lipinski definition) is 4. The monoisotopic (exact) mass is 355 g/mol. The summed E-state index contributed by atoms with van der Waals surface area (Å²) >= 11 is 12.1. The molecule has 9 heteroatoms. The molecule has 1 aromatic carbocycles. The number of benzene rings is 1. The molecule has 0 radical (unpaired) electrons. The Morgan fingerprint density at radius 1 is 1.13 bits per heavy atom. The van der Waals surface area contributed by atoms with Gasteiger partial charge in [-0.05, 0) is 35.4 Å². The van der Waals surface area contributed by atoms with Crippen LogP contribution in [0.2, 0.25) is 10.0 Å². The predicted octanol–water partition coefficient (Wildman–Crippen LogP) is 2.63. The van der Waals surface area contributed by atoms with Gasteiger partial charge in [-0.25, -0.2) is 9.59 Å². The van der Waals surface area contributed by atoms with E-state index in [1.54, 1.807) is 18.2 Å². The average Bonchev–Trinajstić information content (AvgIpc) is 2.90. The van der Waals surface area contributed by atoms with E-state index in [0.29, 0.717) is 4.68 Å². The second-order valence-electron chi connectivity index (χ2n) is 5.44. The molecule has 0 unspecified atom stereocenters. The molecule has 23 heavy (non-hydrogen) atoms. The first kappa shape index (κ1) is 16.0. The lowest BCUT2D eigenvalue weighted by molar-refractivity contribution is 0.230. The summed E-state index contributed by atoms with van der Waals surface area (Å²) in [4.78, 5) is 24.6. The van der Waals surface area contributed by atoms with Gasteiger partial charge in [-0.3, -0.25) is 0 Å². The highest BCUT2D eigenvalue weighted by molar-refractivity contribution is 6.37. The highest BCUT2D eigenvalue weighted by Gasteiger charge is 2.22. The zero-order valence-corrected chi connectivity index (χ0v) is 13.7. The molecule has 0 bridgehead atoms. The van der Waals surface area contributed by atoms with Crippen LogP contribution in [0, 0.1) is 0 Å². The van der Waals surface area contributed by atoms with Gasteiger partial charge < -0.3 is 5.32 Å². The van der Waals surface area contributed by atoms with Crippen molar-refractivity contribution in [1.82, 2.24) is 25.1 Å². The van der Waals surface area contributed by atoms with Crippen LogP contribution in [-0.2, 0) is 0 Å². The van der Waals surface area contributed by atoms with E-state index in [2.05, 4.69) is 15.7 Å². The lowest BCUT2D eigenvalue weighted by Gasteiger charge is -2.21. The summed E-state index contributed by atoms with van der Waals surface area (Å²) in [5.74, 6) is 0. The van der Waals surface area contributed by atoms with E-state index in [-0.39, 0.29) is 21.8 Å². The van der Waals surface area contributed by atoms with Crippen LogP contribution in [-0.4, -0.2) is 31.9 Å². The molecule has 0 atom stereocenters. The minimum Gasteiger partial charge on any atom is -0.333 e. The number of carbonyl (C=O) groups is 1. The van der Waals surface area contributed by atoms with Crippen LogP contribution in [0.3, 0.4) is 0 Å². The first-order chi connectivity index (χ1) is 11.1. The van der Waals surface area contributed by atoms with E-state index in [4.69, 9.17) is 23.2 Å². The van der Waals surface area contributed by atoms with Crippen molar-refractivity contribution in [2.24, 2.45) is 0 Å². The van der Waals surface area contributed by atoms with Gasteiger partial charge in [0, 0.05) is 6.04 Å². The Balaban J connectivity index is 1.87. The molecule has 1 amide bonds. The largest absolute Gasteiger partial charge is 0.377 e. The fraction of sp³-hybridized carbons (Fsp3) is 0.429. The number of hydrogen-bond donors (Lipinski definition) is 1. The zero-order chi connectivity index (χ0) is 16.4. The van der Waals surface area contributed by atoms with Crippen molar-refractivity contribution in [3.8, 4) is 5.69 Å². The van der Waals surface area contributed by atoms with Crippen molar-refractivity contribution in [3.05, 3.63) is 38.7 Å². The summed E-state index contributed by atoms with van der Waals surface area (Å²) in [5.41, 5.74) is -0.508. The van der Waals surface area contributed by atoms with Crippen LogP contribution in [0.1, 0.15) is 32.1 Å². The summed E-state index contributed by atoms with van der Waals surface area (Å²) in [7, 11) is 0. The molecular weight excluding hydrogens is 341 g/mol. The van der Waals surface area contributed by atoms with Crippen molar-refractivity contribution in [2.45, 2.75) is 38.1 Å². The Bertz CT molecular complexity index is 759. The summed E-state index contributed by atoms with van der Waals surface area (Å²) in [6.07, 6.45) is 5.13. The molecular formula is C14H15Cl2N5O2. The number of aromatic nitrogens is 4. The highest BCUT2D eigenvalue weighted by atomic mass is 35.5. The van der Waals surface area contributed by atoms with Crippen molar-refractivity contribution >= 4 is 29.2 Å². The lowest BCUT2D eigenvalue weighted by Crippen LogP contribution is -2.43. The van der Waals surface area contributed by atoms with E-state index in [9.17, 15) is 9.59 Å². The lowest BCUT2D eigenvalue weighted by atomic mass is 9.96. The van der Waals surface area contributed by atoms with Gasteiger partial charge in [0.2, 0.25) is 0 Å². The molecule has 122 valence electrons. The molecule has 1 N–H and O–H groups in total. The number of nitrogens with zero attached hydrogens (tertiary/aromatic N) is 4. The smallest absolute Gasteiger partial charge is 0.333 e. The summed E-state index contributed by atoms with van der Waals surface area (Å²) < 4.78 is 1.61. The van der Waals surface area contributed by atoms with Crippen molar-refractivity contribution in [3.63, 3.8) is 0 Å². The highest BCUT2D eigenvalue weighted by Crippen LogP contribution is 2.26. The van der Waals surface area contributed by atoms with Crippen molar-refractivity contribution < 1.29 is 4.79 Å². The third-order valence-corrected chi connectivity index (χ3v) is 4.47. The van der Waals surface area contributed by atoms with Crippen molar-refractivity contribution in [2.75, 3.05) is 0 Å². The molecule has 1 fully saturated rings. The van der Waals surface area contributed by atoms with E-state index in [1.807, 2.05) is 0 Å². The van der Waals surface area contributed by atoms with Gasteiger partial charge in [-0.2, -0.15) is 4.68 Å². The van der Waals surface area contributed by atoms with Crippen LogP contribution in [0.4, 0.5) is 4.79 Å². The number of carbonyl (C=O) groups excluding carboxylic acids is 1. The van der Waals surface area contributed by atoms with Crippen LogP contribution in [0.5, 0.6) is 0 Å². The van der Waals surface area contributed by atoms with Gasteiger partial charge in [0.15, 0.2) is 0 Å². The number of halogens is 2. The maximum absolute atomic E-state index is 12.4. The molecule has 0 saturated heterocycles. The molecule has 1 saturated carbocycles. The Labute approximate surface area is 142 Å². The molecule has 7 nitrogen and oxygen atoms in total. The number of para-hydroxylation sites is 1. The van der Waals surface area contributed by atoms with Gasteiger partial charge >= 0.3 is 11.7 Å². The average molecular weight is 356 g/mol. The Kier molecular flexibility index (Phi) is 4.68. The Morgan fingerprint density at radius 2 is 1.78 bits per heavy atom. The molecule has 0 spiro atoms. The first-order valence-corrected chi connectivity index (χ1v) is 8.14. The third-order valence-electron chi connectivity index (χ3n) is 3.86. The molecule has 2 aromatic rings. The summed E-state index contributed by atoms with van der Waals surface area (Å²) in [5, 5.41) is 10.6. The molecule has 1 aromatic heterocycles. The van der Waals surface area contributed by atoms with Gasteiger partial charge in [0.05, 0.1) is 10.0 Å². The number of tetrazole rings is 1. The minimum absolute atomic E-state index is 0.0669. The van der Waals surface area contributed by atoms with E-state index in [0.717, 1.165) is 30.4 Å². The summed E-state index contributed by atoms with van der Waals surface area (Å²) in [6, 6.07) is 4.29. The number of amides is 1. The first-order valence-electron chi connectivity index (χ1n) is 7.38. The van der Waals surface area contributed by atoms with Gasteiger partial charge in [-0.1, -0.05) is 48.5 Å². The molecule has 0 aliphatic heterocycles. The quantitative estimate of drug-likeness (QED) is 0.839. The zero-order valence-electron chi connectivity index (χ0n) is 12.2. The fourth-order valence-corrected chi connectivity index (χ4v) is 3.25. The van der Waals surface area contributed by atoms with Crippen molar-refractivity contribution in [1.29, 1.82) is 0 Å². The normalized spacial score (nSPS) is 15.6. The second kappa shape index (κ2) is 6.72. The van der Waals surface area contributed by atoms with Crippen LogP contribution < -0.4 is 11.0 Å². The summed E-state index contributed by atoms with van der Waals surface area (Å²) in [6.45, 7) is 0. The topological polar surface area (TPSA) is 81.8 Å². The van der Waals surface area contributed by atoms with Crippen LogP contribution in [0.15, 0.2) is 23.0 Å². The van der Waals surface area contributed by atoms with Crippen LogP contribution >= 0.6 is 23.2 Å². The third kappa shape index (κ3) is 3.25. The van der Waals surface area contributed by atoms with Gasteiger partial charge in [0.1, 0.15) is 5.69 Å². The van der Waals surface area contributed by atoms with Gasteiger partial charge in [0.25, 0.3) is 0 Å². The van der Waals surface area contributed by atoms with Gasteiger partial charge in [-0.15, -0.1) is 4.68 Å².